The second-order valence-electron chi connectivity index (χ2n) is 5.35. The van der Waals surface area contributed by atoms with E-state index in [-0.39, 0.29) is 34.6 Å². The Labute approximate surface area is 169 Å². The molecule has 0 radical (unpaired) electrons. The molecule has 1 aromatic heterocycles. The maximum absolute atomic E-state index is 10.8. The number of aliphatic imine (C=N–C) groups is 1. The number of halogens is 1. The van der Waals surface area contributed by atoms with Gasteiger partial charge in [-0.2, -0.15) is 0 Å². The number of rotatable bonds is 7. The van der Waals surface area contributed by atoms with Crippen LogP contribution in [-0.4, -0.2) is 35.9 Å². The third-order valence-corrected chi connectivity index (χ3v) is 4.44. The van der Waals surface area contributed by atoms with Gasteiger partial charge < -0.3 is 10.2 Å². The van der Waals surface area contributed by atoms with Gasteiger partial charge in [0, 0.05) is 37.1 Å². The number of nitrogens with one attached hydrogen (secondary N) is 1. The van der Waals surface area contributed by atoms with Crippen LogP contribution in [0.5, 0.6) is 0 Å². The minimum atomic E-state index is -0.383. The average Bonchev–Trinajstić information content (AvgIpc) is 3.10. The third-order valence-electron chi connectivity index (χ3n) is 3.50. The summed E-state index contributed by atoms with van der Waals surface area (Å²) in [5.41, 5.74) is 0.921. The normalized spacial score (nSPS) is 10.9. The van der Waals surface area contributed by atoms with E-state index >= 15 is 0 Å². The summed E-state index contributed by atoms with van der Waals surface area (Å²) in [6, 6.07) is 10.8. The Morgan fingerprint density at radius 1 is 1.36 bits per heavy atom. The summed E-state index contributed by atoms with van der Waals surface area (Å²) in [6.45, 7) is 4.07. The molecule has 0 fully saturated rings. The van der Waals surface area contributed by atoms with E-state index in [2.05, 4.69) is 32.7 Å². The standard InChI is InChI=1S/C17H22N4O2S.HI/c1-3-18-17(20(2)10-9-16-8-5-11-24-16)19-13-14-6-4-7-15(12-14)21(22)23;/h4-8,11-12H,3,9-10,13H2,1-2H3,(H,18,19);1H. The molecule has 0 bridgehead atoms. The zero-order valence-electron chi connectivity index (χ0n) is 14.3. The van der Waals surface area contributed by atoms with Crippen molar-refractivity contribution in [2.75, 3.05) is 20.1 Å². The Hall–Kier alpha value is -1.68. The van der Waals surface area contributed by atoms with Gasteiger partial charge in [-0.15, -0.1) is 35.3 Å². The third kappa shape index (κ3) is 6.99. The van der Waals surface area contributed by atoms with Crippen LogP contribution in [0.1, 0.15) is 17.4 Å². The molecule has 1 heterocycles. The van der Waals surface area contributed by atoms with Crippen LogP contribution in [-0.2, 0) is 13.0 Å². The number of guanidine groups is 1. The summed E-state index contributed by atoms with van der Waals surface area (Å²) in [6.07, 6.45) is 0.968. The lowest BCUT2D eigenvalue weighted by Crippen LogP contribution is -2.39. The molecule has 0 aliphatic heterocycles. The van der Waals surface area contributed by atoms with Gasteiger partial charge in [-0.3, -0.25) is 10.1 Å². The van der Waals surface area contributed by atoms with E-state index in [9.17, 15) is 10.1 Å². The predicted molar refractivity (Wildman–Crippen MR) is 114 cm³/mol. The molecular weight excluding hydrogens is 451 g/mol. The number of non-ortho nitro benzene ring substituents is 1. The maximum atomic E-state index is 10.8. The van der Waals surface area contributed by atoms with E-state index < -0.39 is 0 Å². The second kappa shape index (κ2) is 11.0. The molecule has 6 nitrogen and oxygen atoms in total. The Kier molecular flexibility index (Phi) is 9.43. The van der Waals surface area contributed by atoms with Crippen molar-refractivity contribution in [2.24, 2.45) is 4.99 Å². The number of benzene rings is 1. The quantitative estimate of drug-likeness (QED) is 0.217. The number of nitro benzene ring substituents is 1. The molecule has 2 aromatic rings. The van der Waals surface area contributed by atoms with Gasteiger partial charge in [0.15, 0.2) is 5.96 Å². The van der Waals surface area contributed by atoms with Crippen molar-refractivity contribution in [3.05, 3.63) is 62.3 Å². The van der Waals surface area contributed by atoms with Crippen molar-refractivity contribution in [3.63, 3.8) is 0 Å². The smallest absolute Gasteiger partial charge is 0.269 e. The Bertz CT molecular complexity index is 692. The second-order valence-corrected chi connectivity index (χ2v) is 6.38. The first-order chi connectivity index (χ1) is 11.6. The van der Waals surface area contributed by atoms with Crippen LogP contribution < -0.4 is 5.32 Å². The van der Waals surface area contributed by atoms with E-state index in [4.69, 9.17) is 0 Å². The molecule has 0 spiro atoms. The molecule has 2 rings (SSSR count). The Balaban J connectivity index is 0.00000312. The van der Waals surface area contributed by atoms with Crippen LogP contribution in [0.4, 0.5) is 5.69 Å². The molecule has 0 aliphatic rings. The van der Waals surface area contributed by atoms with Crippen molar-refractivity contribution in [1.82, 2.24) is 10.2 Å². The molecule has 0 saturated heterocycles. The maximum Gasteiger partial charge on any atom is 0.269 e. The summed E-state index contributed by atoms with van der Waals surface area (Å²) in [7, 11) is 2.00. The van der Waals surface area contributed by atoms with E-state index in [0.29, 0.717) is 6.54 Å². The molecule has 136 valence electrons. The lowest BCUT2D eigenvalue weighted by molar-refractivity contribution is -0.384. The molecule has 0 atom stereocenters. The van der Waals surface area contributed by atoms with Crippen LogP contribution >= 0.6 is 35.3 Å². The summed E-state index contributed by atoms with van der Waals surface area (Å²) in [5.74, 6) is 0.806. The van der Waals surface area contributed by atoms with Crippen molar-refractivity contribution in [2.45, 2.75) is 19.9 Å². The van der Waals surface area contributed by atoms with E-state index in [1.807, 2.05) is 20.0 Å². The van der Waals surface area contributed by atoms with Crippen molar-refractivity contribution >= 4 is 47.0 Å². The Morgan fingerprint density at radius 3 is 2.80 bits per heavy atom. The summed E-state index contributed by atoms with van der Waals surface area (Å²) in [4.78, 5) is 18.5. The summed E-state index contributed by atoms with van der Waals surface area (Å²) < 4.78 is 0. The van der Waals surface area contributed by atoms with Gasteiger partial charge in [-0.05, 0) is 30.4 Å². The molecular formula is C17H23IN4O2S. The highest BCUT2D eigenvalue weighted by Crippen LogP contribution is 2.14. The van der Waals surface area contributed by atoms with E-state index in [1.165, 1.54) is 10.9 Å². The fourth-order valence-corrected chi connectivity index (χ4v) is 2.94. The number of nitro groups is 1. The summed E-state index contributed by atoms with van der Waals surface area (Å²) in [5, 5.41) is 16.2. The lowest BCUT2D eigenvalue weighted by Gasteiger charge is -2.21. The molecule has 8 heteroatoms. The fourth-order valence-electron chi connectivity index (χ4n) is 2.24. The number of hydrogen-bond acceptors (Lipinski definition) is 4. The SMILES string of the molecule is CCNC(=NCc1cccc([N+](=O)[O-])c1)N(C)CCc1cccs1.I. The van der Waals surface area contributed by atoms with Crippen LogP contribution in [0.15, 0.2) is 46.8 Å². The highest BCUT2D eigenvalue weighted by molar-refractivity contribution is 14.0. The highest BCUT2D eigenvalue weighted by Gasteiger charge is 2.08. The average molecular weight is 474 g/mol. The van der Waals surface area contributed by atoms with Crippen LogP contribution in [0.3, 0.4) is 0 Å². The van der Waals surface area contributed by atoms with Crippen molar-refractivity contribution in [3.8, 4) is 0 Å². The summed E-state index contributed by atoms with van der Waals surface area (Å²) >= 11 is 1.75. The zero-order chi connectivity index (χ0) is 17.4. The molecule has 0 amide bonds. The van der Waals surface area contributed by atoms with Gasteiger partial charge in [0.25, 0.3) is 5.69 Å². The lowest BCUT2D eigenvalue weighted by atomic mass is 10.2. The molecule has 0 saturated carbocycles. The van der Waals surface area contributed by atoms with Crippen LogP contribution in [0.2, 0.25) is 0 Å². The van der Waals surface area contributed by atoms with E-state index in [0.717, 1.165) is 31.0 Å². The predicted octanol–water partition coefficient (Wildman–Crippen LogP) is 3.91. The van der Waals surface area contributed by atoms with E-state index in [1.54, 1.807) is 23.5 Å². The molecule has 0 aliphatic carbocycles. The van der Waals surface area contributed by atoms with Gasteiger partial charge in [0.1, 0.15) is 0 Å². The highest BCUT2D eigenvalue weighted by atomic mass is 127. The molecule has 25 heavy (non-hydrogen) atoms. The topological polar surface area (TPSA) is 70.8 Å². The van der Waals surface area contributed by atoms with Gasteiger partial charge in [-0.25, -0.2) is 4.99 Å². The number of hydrogen-bond donors (Lipinski definition) is 1. The first kappa shape index (κ1) is 21.4. The first-order valence-electron chi connectivity index (χ1n) is 7.85. The van der Waals surface area contributed by atoms with Crippen LogP contribution in [0, 0.1) is 10.1 Å². The Morgan fingerprint density at radius 2 is 2.16 bits per heavy atom. The van der Waals surface area contributed by atoms with Gasteiger partial charge >= 0.3 is 0 Å². The zero-order valence-corrected chi connectivity index (χ0v) is 17.5. The minimum absolute atomic E-state index is 0. The molecule has 1 N–H and O–H groups in total. The van der Waals surface area contributed by atoms with Crippen LogP contribution in [0.25, 0.3) is 0 Å². The van der Waals surface area contributed by atoms with Gasteiger partial charge in [0.2, 0.25) is 0 Å². The first-order valence-corrected chi connectivity index (χ1v) is 8.73. The van der Waals surface area contributed by atoms with Gasteiger partial charge in [0.05, 0.1) is 11.5 Å². The minimum Gasteiger partial charge on any atom is -0.357 e. The molecule has 0 unspecified atom stereocenters. The van der Waals surface area contributed by atoms with Crippen molar-refractivity contribution in [1.29, 1.82) is 0 Å². The number of thiophene rings is 1. The fraction of sp³-hybridized carbons (Fsp3) is 0.353. The largest absolute Gasteiger partial charge is 0.357 e. The van der Waals surface area contributed by atoms with Crippen molar-refractivity contribution < 1.29 is 4.92 Å². The van der Waals surface area contributed by atoms with Gasteiger partial charge in [-0.1, -0.05) is 18.2 Å². The number of nitrogens with zero attached hydrogens (tertiary/aromatic N) is 3. The monoisotopic (exact) mass is 474 g/mol. The number of likely N-dealkylation sites (N-methyl/N-ethyl adjacent to an activating group) is 1. The molecule has 1 aromatic carbocycles.